The number of ether oxygens (including phenoxy) is 4. The number of carbonyl (C=O) groups excluding carboxylic acids is 4. The molecule has 22 nitrogen and oxygen atoms in total. The molecule has 0 saturated heterocycles. The highest BCUT2D eigenvalue weighted by Gasteiger charge is 2.24. The predicted molar refractivity (Wildman–Crippen MR) is 348 cm³/mol. The number of aromatic nitrogens is 8. The van der Waals surface area contributed by atoms with E-state index in [2.05, 4.69) is 92.8 Å². The third kappa shape index (κ3) is 17.9. The number of nitrogens with two attached hydrogens (primary N) is 1. The van der Waals surface area contributed by atoms with Gasteiger partial charge in [0.25, 0.3) is 5.91 Å². The molecule has 10 aromatic rings. The first-order valence-electron chi connectivity index (χ1n) is 28.2. The number of amides is 5. The first-order chi connectivity index (χ1) is 42.5. The number of nitrogens with zero attached hydrogens (tertiary/aromatic N) is 8. The average Bonchev–Trinajstić information content (AvgIpc) is 2.24. The molecule has 0 fully saturated rings. The summed E-state index contributed by atoms with van der Waals surface area (Å²) in [5.74, 6) is 2.44. The highest BCUT2D eigenvalue weighted by atomic mass is 35.5. The van der Waals surface area contributed by atoms with Crippen LogP contribution in [0, 0.1) is 13.8 Å². The molecule has 5 amide bonds. The maximum Gasteiger partial charge on any atom is 0.324 e. The van der Waals surface area contributed by atoms with Crippen LogP contribution in [0.15, 0.2) is 158 Å². The number of aryl methyl sites for hydroxylation is 2. The number of hydrogen-bond donors (Lipinski definition) is 6. The summed E-state index contributed by atoms with van der Waals surface area (Å²) in [6.45, 7) is 16.9. The van der Waals surface area contributed by atoms with Gasteiger partial charge in [0.2, 0.25) is 17.1 Å². The molecule has 0 unspecified atom stereocenters. The Morgan fingerprint density at radius 3 is 1.35 bits per heavy atom. The molecule has 23 heteroatoms. The molecule has 10 rings (SSSR count). The van der Waals surface area contributed by atoms with Crippen molar-refractivity contribution < 1.29 is 38.1 Å². The van der Waals surface area contributed by atoms with Gasteiger partial charge in [0.1, 0.15) is 49.6 Å². The fourth-order valence-electron chi connectivity index (χ4n) is 8.73. The van der Waals surface area contributed by atoms with Crippen LogP contribution in [0.4, 0.5) is 44.5 Å². The van der Waals surface area contributed by atoms with Crippen molar-refractivity contribution in [2.45, 2.75) is 79.4 Å². The van der Waals surface area contributed by atoms with Crippen LogP contribution in [0.25, 0.3) is 32.9 Å². The van der Waals surface area contributed by atoms with Gasteiger partial charge in [-0.3, -0.25) is 25.5 Å². The van der Waals surface area contributed by atoms with Gasteiger partial charge in [-0.15, -0.1) is 0 Å². The van der Waals surface area contributed by atoms with Crippen molar-refractivity contribution in [2.75, 3.05) is 59.8 Å². The molecule has 0 aliphatic rings. The van der Waals surface area contributed by atoms with Gasteiger partial charge < -0.3 is 35.3 Å². The molecule has 0 atom stereocenters. The summed E-state index contributed by atoms with van der Waals surface area (Å²) in [6, 6.07) is 45.1. The first-order valence-corrected chi connectivity index (χ1v) is 28.6. The van der Waals surface area contributed by atoms with Crippen molar-refractivity contribution in [1.82, 2.24) is 39.5 Å². The normalized spacial score (nSPS) is 11.1. The summed E-state index contributed by atoms with van der Waals surface area (Å²) in [5.41, 5.74) is 13.5. The molecule has 4 heterocycles. The second-order valence-electron chi connectivity index (χ2n) is 22.4. The van der Waals surface area contributed by atoms with Crippen LogP contribution in [0.3, 0.4) is 0 Å². The van der Waals surface area contributed by atoms with Crippen molar-refractivity contribution in [3.05, 3.63) is 192 Å². The van der Waals surface area contributed by atoms with E-state index < -0.39 is 11.3 Å². The van der Waals surface area contributed by atoms with Crippen LogP contribution in [0.1, 0.15) is 75.4 Å². The van der Waals surface area contributed by atoms with Crippen molar-refractivity contribution in [3.8, 4) is 22.9 Å². The van der Waals surface area contributed by atoms with Crippen LogP contribution in [0.2, 0.25) is 0 Å². The van der Waals surface area contributed by atoms with Crippen LogP contribution in [-0.4, -0.2) is 90.1 Å². The number of hydrogen-bond acceptors (Lipinski definition) is 15. The summed E-state index contributed by atoms with van der Waals surface area (Å²) in [5, 5.41) is 27.0. The van der Waals surface area contributed by atoms with Crippen LogP contribution in [-0.2, 0) is 43.1 Å². The summed E-state index contributed by atoms with van der Waals surface area (Å²) < 4.78 is 24.8. The predicted octanol–water partition coefficient (Wildman–Crippen LogP) is 12.9. The molecule has 0 spiro atoms. The molecule has 7 N–H and O–H groups in total. The van der Waals surface area contributed by atoms with E-state index in [1.807, 2.05) is 135 Å². The molecule has 89 heavy (non-hydrogen) atoms. The number of rotatable bonds is 17. The Balaban J connectivity index is 0.000000212. The Morgan fingerprint density at radius 1 is 0.517 bits per heavy atom. The maximum atomic E-state index is 13.3. The maximum absolute atomic E-state index is 13.3. The van der Waals surface area contributed by atoms with E-state index in [1.54, 1.807) is 46.0 Å². The highest BCUT2D eigenvalue weighted by Crippen LogP contribution is 2.35. The zero-order valence-corrected chi connectivity index (χ0v) is 51.9. The molecular formula is C66H71ClN14O8. The Morgan fingerprint density at radius 2 is 0.944 bits per heavy atom. The SMILES string of the molecule is COCC(=O)Cl.COCC(=O)Nc1nccc(COc2ccc(NC(=O)Nc3cc(C(C)(C)C)nn3-c3ccc(C)cc3)c3ccccc23)n1.Cc1ccc(-n2nc(C(C)(C)C)cc2NC(=O)Nc2ccc(OCc3ccnc(N)n3)c3ccccc23)cc1. The van der Waals surface area contributed by atoms with Gasteiger partial charge in [-0.05, 0) is 86.1 Å². The number of fused-ring (bicyclic) bond motifs is 2. The third-order valence-electron chi connectivity index (χ3n) is 13.2. The van der Waals surface area contributed by atoms with E-state index in [1.165, 1.54) is 14.2 Å². The molecule has 460 valence electrons. The summed E-state index contributed by atoms with van der Waals surface area (Å²) >= 11 is 4.81. The minimum Gasteiger partial charge on any atom is -0.487 e. The standard InChI is InChI=1S/C33H35N7O4.C30H31N7O2.C3H5ClO2/c1-21-10-12-23(13-11-21)40-29(18-28(39-40)33(2,3)4)37-32(42)36-26-14-15-27(25-9-7-6-8-24(25)26)44-19-22-16-17-34-31(35-22)38-30(41)20-43-5;1-19-9-11-21(12-10-19)37-27(17-26(36-37)30(2,3)4)35-29(38)34-24-13-14-25(23-8-6-5-7-22(23)24)39-18-20-15-16-32-28(31)33-20;1-6-2-3(4)5/h6-18H,19-20H2,1-5H3,(H2,36,37,42)(H,34,35,38,41);5-17H,18H2,1-4H3,(H2,31,32,33)(H2,34,35,38);2H2,1H3. The van der Waals surface area contributed by atoms with E-state index in [-0.39, 0.29) is 61.1 Å². The largest absolute Gasteiger partial charge is 0.487 e. The zero-order valence-electron chi connectivity index (χ0n) is 51.1. The van der Waals surface area contributed by atoms with E-state index in [0.717, 1.165) is 55.4 Å². The van der Waals surface area contributed by atoms with E-state index in [4.69, 9.17) is 41.7 Å². The van der Waals surface area contributed by atoms with Gasteiger partial charge in [0.05, 0.1) is 45.5 Å². The number of urea groups is 2. The van der Waals surface area contributed by atoms with Crippen molar-refractivity contribution in [1.29, 1.82) is 0 Å². The van der Waals surface area contributed by atoms with Crippen molar-refractivity contribution in [2.24, 2.45) is 0 Å². The number of nitrogens with one attached hydrogen (secondary N) is 5. The molecule has 0 bridgehead atoms. The lowest BCUT2D eigenvalue weighted by molar-refractivity contribution is -0.119. The van der Waals surface area contributed by atoms with Crippen LogP contribution >= 0.6 is 11.6 Å². The monoisotopic (exact) mass is 1220 g/mol. The van der Waals surface area contributed by atoms with E-state index >= 15 is 0 Å². The van der Waals surface area contributed by atoms with Gasteiger partial charge in [-0.2, -0.15) is 10.2 Å². The molecule has 0 radical (unpaired) electrons. The topological polar surface area (TPSA) is 279 Å². The second-order valence-corrected chi connectivity index (χ2v) is 22.8. The molecule has 0 aliphatic carbocycles. The molecule has 0 saturated carbocycles. The lowest BCUT2D eigenvalue weighted by Gasteiger charge is -2.14. The Bertz CT molecular complexity index is 4100. The minimum absolute atomic E-state index is 0.00154. The molecular weight excluding hydrogens is 1150 g/mol. The van der Waals surface area contributed by atoms with Gasteiger partial charge in [0, 0.05) is 71.1 Å². The van der Waals surface area contributed by atoms with E-state index in [0.29, 0.717) is 45.9 Å². The summed E-state index contributed by atoms with van der Waals surface area (Å²) in [7, 11) is 2.85. The highest BCUT2D eigenvalue weighted by molar-refractivity contribution is 6.63. The second kappa shape index (κ2) is 29.4. The molecule has 6 aromatic carbocycles. The Labute approximate surface area is 520 Å². The fraction of sp³-hybridized carbons (Fsp3) is 0.242. The number of anilines is 6. The Hall–Kier alpha value is -10.3. The van der Waals surface area contributed by atoms with Gasteiger partial charge in [-0.1, -0.05) is 125 Å². The lowest BCUT2D eigenvalue weighted by atomic mass is 9.92. The first kappa shape index (κ1) is 64.7. The summed E-state index contributed by atoms with van der Waals surface area (Å²) in [6.07, 6.45) is 3.15. The summed E-state index contributed by atoms with van der Waals surface area (Å²) in [4.78, 5) is 64.5. The average molecular weight is 1220 g/mol. The molecule has 4 aromatic heterocycles. The smallest absolute Gasteiger partial charge is 0.324 e. The van der Waals surface area contributed by atoms with Crippen LogP contribution < -0.4 is 41.8 Å². The van der Waals surface area contributed by atoms with Crippen molar-refractivity contribution >= 4 is 91.3 Å². The zero-order chi connectivity index (χ0) is 63.8. The number of halogens is 1. The van der Waals surface area contributed by atoms with Crippen molar-refractivity contribution in [3.63, 3.8) is 0 Å². The minimum atomic E-state index is -0.461. The van der Waals surface area contributed by atoms with Crippen LogP contribution in [0.5, 0.6) is 11.5 Å². The number of methoxy groups -OCH3 is 2. The molecule has 0 aliphatic heterocycles. The van der Waals surface area contributed by atoms with Gasteiger partial charge in [-0.25, -0.2) is 38.9 Å². The van der Waals surface area contributed by atoms with Gasteiger partial charge >= 0.3 is 12.1 Å². The lowest BCUT2D eigenvalue weighted by Crippen LogP contribution is -2.21. The quantitative estimate of drug-likeness (QED) is 0.0462. The Kier molecular flexibility index (Phi) is 21.4. The number of carbonyl (C=O) groups is 4. The number of benzene rings is 6. The van der Waals surface area contributed by atoms with E-state index in [9.17, 15) is 19.2 Å². The van der Waals surface area contributed by atoms with Gasteiger partial charge in [0.15, 0.2) is 0 Å². The third-order valence-corrected chi connectivity index (χ3v) is 13.4. The fourth-order valence-corrected chi connectivity index (χ4v) is 8.84. The number of nitrogen functional groups attached to an aromatic ring is 1.